The van der Waals surface area contributed by atoms with Gasteiger partial charge < -0.3 is 0 Å². The first kappa shape index (κ1) is 8.58. The van der Waals surface area contributed by atoms with Crippen LogP contribution in [-0.2, 0) is 0 Å². The van der Waals surface area contributed by atoms with Crippen molar-refractivity contribution in [2.45, 2.75) is 46.0 Å². The third kappa shape index (κ3) is 2.21. The molecule has 0 saturated heterocycles. The number of rotatable bonds is 4. The van der Waals surface area contributed by atoms with Crippen molar-refractivity contribution in [1.82, 2.24) is 0 Å². The summed E-state index contributed by atoms with van der Waals surface area (Å²) in [5.74, 6) is 0. The fourth-order valence-electron chi connectivity index (χ4n) is 1.49. The maximum absolute atomic E-state index is 3.42. The van der Waals surface area contributed by atoms with Gasteiger partial charge in [0.15, 0.2) is 0 Å². The zero-order valence-electron chi connectivity index (χ0n) is 7.61. The predicted molar refractivity (Wildman–Crippen MR) is 49.3 cm³/mol. The van der Waals surface area contributed by atoms with E-state index in [0.29, 0.717) is 0 Å². The molecule has 61 valence electrons. The smallest absolute Gasteiger partial charge is 0.00857 e. The van der Waals surface area contributed by atoms with Gasteiger partial charge in [-0.15, -0.1) is 0 Å². The molecule has 0 amide bonds. The molecule has 1 aliphatic rings. The van der Waals surface area contributed by atoms with E-state index in [1.165, 1.54) is 31.3 Å². The molecule has 0 atom stereocenters. The van der Waals surface area contributed by atoms with E-state index in [1.807, 2.05) is 0 Å². The van der Waals surface area contributed by atoms with Crippen molar-refractivity contribution in [1.29, 1.82) is 0 Å². The van der Waals surface area contributed by atoms with Crippen LogP contribution in [0.4, 0.5) is 0 Å². The van der Waals surface area contributed by atoms with Crippen molar-refractivity contribution in [2.24, 2.45) is 0 Å². The van der Waals surface area contributed by atoms with Crippen LogP contribution in [0.15, 0.2) is 17.2 Å². The molecule has 0 spiro atoms. The standard InChI is InChI=1S/C11H17/c1-3-5-7-11-9-6-8-10(11)4-2/h8H,3-7H2,1-2H3. The monoisotopic (exact) mass is 149 g/mol. The molecule has 0 aliphatic heterocycles. The molecule has 0 nitrogen and oxygen atoms in total. The van der Waals surface area contributed by atoms with E-state index in [1.54, 1.807) is 5.57 Å². The van der Waals surface area contributed by atoms with Gasteiger partial charge in [0.25, 0.3) is 0 Å². The molecule has 0 N–H and O–H groups in total. The van der Waals surface area contributed by atoms with Gasteiger partial charge in [-0.25, -0.2) is 0 Å². The lowest BCUT2D eigenvalue weighted by Crippen LogP contribution is -1.84. The normalized spacial score (nSPS) is 16.5. The number of hydrogen-bond donors (Lipinski definition) is 0. The van der Waals surface area contributed by atoms with Gasteiger partial charge in [0, 0.05) is 0 Å². The van der Waals surface area contributed by atoms with Crippen LogP contribution in [0.2, 0.25) is 0 Å². The van der Waals surface area contributed by atoms with Crippen molar-refractivity contribution in [2.75, 3.05) is 0 Å². The summed E-state index contributed by atoms with van der Waals surface area (Å²) in [4.78, 5) is 0. The van der Waals surface area contributed by atoms with Gasteiger partial charge in [-0.2, -0.15) is 0 Å². The van der Waals surface area contributed by atoms with Gasteiger partial charge in [-0.1, -0.05) is 26.3 Å². The second kappa shape index (κ2) is 4.38. The second-order valence-corrected chi connectivity index (χ2v) is 3.05. The molecule has 0 fully saturated rings. The highest BCUT2D eigenvalue weighted by Gasteiger charge is 2.06. The fraction of sp³-hybridized carbons (Fsp3) is 0.636. The van der Waals surface area contributed by atoms with Gasteiger partial charge in [0.1, 0.15) is 0 Å². The Labute approximate surface area is 70.0 Å². The van der Waals surface area contributed by atoms with Crippen molar-refractivity contribution >= 4 is 0 Å². The predicted octanol–water partition coefficient (Wildman–Crippen LogP) is 3.65. The fourth-order valence-corrected chi connectivity index (χ4v) is 1.49. The molecule has 0 unspecified atom stereocenters. The zero-order valence-corrected chi connectivity index (χ0v) is 7.61. The summed E-state index contributed by atoms with van der Waals surface area (Å²) >= 11 is 0. The summed E-state index contributed by atoms with van der Waals surface area (Å²) in [6.07, 6.45) is 11.8. The SMILES string of the molecule is CCCCC1=[C]CC=C1CC. The Morgan fingerprint density at radius 1 is 1.45 bits per heavy atom. The summed E-state index contributed by atoms with van der Waals surface area (Å²) in [6, 6.07) is 0. The van der Waals surface area contributed by atoms with Crippen molar-refractivity contribution < 1.29 is 0 Å². The number of allylic oxidation sites excluding steroid dienone is 4. The van der Waals surface area contributed by atoms with Crippen LogP contribution < -0.4 is 0 Å². The Kier molecular flexibility index (Phi) is 3.41. The van der Waals surface area contributed by atoms with Crippen LogP contribution in [0.1, 0.15) is 46.0 Å². The van der Waals surface area contributed by atoms with Gasteiger partial charge in [0.2, 0.25) is 0 Å². The van der Waals surface area contributed by atoms with E-state index < -0.39 is 0 Å². The average Bonchev–Trinajstić information content (AvgIpc) is 2.47. The highest BCUT2D eigenvalue weighted by molar-refractivity contribution is 5.33. The van der Waals surface area contributed by atoms with Gasteiger partial charge >= 0.3 is 0 Å². The molecule has 0 aromatic carbocycles. The Balaban J connectivity index is 2.39. The van der Waals surface area contributed by atoms with E-state index >= 15 is 0 Å². The molecule has 0 aromatic heterocycles. The minimum Gasteiger partial charge on any atom is -0.0766 e. The van der Waals surface area contributed by atoms with E-state index in [9.17, 15) is 0 Å². The summed E-state index contributed by atoms with van der Waals surface area (Å²) in [5.41, 5.74) is 3.04. The van der Waals surface area contributed by atoms with Crippen molar-refractivity contribution in [3.63, 3.8) is 0 Å². The van der Waals surface area contributed by atoms with Crippen LogP contribution >= 0.6 is 0 Å². The summed E-state index contributed by atoms with van der Waals surface area (Å²) in [6.45, 7) is 4.47. The lowest BCUT2D eigenvalue weighted by Gasteiger charge is -2.03. The minimum absolute atomic E-state index is 1.06. The van der Waals surface area contributed by atoms with E-state index in [2.05, 4.69) is 26.0 Å². The van der Waals surface area contributed by atoms with E-state index in [4.69, 9.17) is 0 Å². The number of unbranched alkanes of at least 4 members (excludes halogenated alkanes) is 1. The molecule has 11 heavy (non-hydrogen) atoms. The van der Waals surface area contributed by atoms with Crippen molar-refractivity contribution in [3.8, 4) is 0 Å². The summed E-state index contributed by atoms with van der Waals surface area (Å²) in [5, 5.41) is 0. The molecule has 0 heterocycles. The molecule has 1 rings (SSSR count). The highest BCUT2D eigenvalue weighted by atomic mass is 14.1. The molecule has 0 aromatic rings. The van der Waals surface area contributed by atoms with Crippen LogP contribution in [0.5, 0.6) is 0 Å². The van der Waals surface area contributed by atoms with Crippen molar-refractivity contribution in [3.05, 3.63) is 23.3 Å². The Bertz CT molecular complexity index is 172. The quantitative estimate of drug-likeness (QED) is 0.572. The third-order valence-electron chi connectivity index (χ3n) is 2.21. The molecular formula is C11H17. The van der Waals surface area contributed by atoms with Gasteiger partial charge in [0.05, 0.1) is 0 Å². The topological polar surface area (TPSA) is 0 Å². The molecular weight excluding hydrogens is 132 g/mol. The maximum Gasteiger partial charge on any atom is -0.00857 e. The Morgan fingerprint density at radius 3 is 2.91 bits per heavy atom. The summed E-state index contributed by atoms with van der Waals surface area (Å²) < 4.78 is 0. The number of hydrogen-bond acceptors (Lipinski definition) is 0. The molecule has 0 saturated carbocycles. The van der Waals surface area contributed by atoms with Crippen LogP contribution in [-0.4, -0.2) is 0 Å². The van der Waals surface area contributed by atoms with Gasteiger partial charge in [-0.3, -0.25) is 0 Å². The van der Waals surface area contributed by atoms with Gasteiger partial charge in [-0.05, 0) is 42.9 Å². The van der Waals surface area contributed by atoms with Crippen LogP contribution in [0.3, 0.4) is 0 Å². The maximum atomic E-state index is 3.42. The van der Waals surface area contributed by atoms with E-state index in [0.717, 1.165) is 6.42 Å². The highest BCUT2D eigenvalue weighted by Crippen LogP contribution is 2.25. The van der Waals surface area contributed by atoms with Crippen LogP contribution in [0, 0.1) is 6.08 Å². The first-order valence-corrected chi connectivity index (χ1v) is 4.67. The Morgan fingerprint density at radius 2 is 2.27 bits per heavy atom. The first-order chi connectivity index (χ1) is 5.38. The third-order valence-corrected chi connectivity index (χ3v) is 2.21. The molecule has 0 heteroatoms. The lowest BCUT2D eigenvalue weighted by atomic mass is 10.0. The largest absolute Gasteiger partial charge is 0.0766 e. The first-order valence-electron chi connectivity index (χ1n) is 4.67. The van der Waals surface area contributed by atoms with Crippen LogP contribution in [0.25, 0.3) is 0 Å². The zero-order chi connectivity index (χ0) is 8.10. The minimum atomic E-state index is 1.06. The Hall–Kier alpha value is -0.520. The molecule has 1 radical (unpaired) electrons. The average molecular weight is 149 g/mol. The lowest BCUT2D eigenvalue weighted by molar-refractivity contribution is 0.786. The molecule has 0 bridgehead atoms. The van der Waals surface area contributed by atoms with E-state index in [-0.39, 0.29) is 0 Å². The second-order valence-electron chi connectivity index (χ2n) is 3.05. The molecule has 1 aliphatic carbocycles. The summed E-state index contributed by atoms with van der Waals surface area (Å²) in [7, 11) is 0.